The number of hydrogen-bond acceptors (Lipinski definition) is 4. The van der Waals surface area contributed by atoms with E-state index in [4.69, 9.17) is 9.84 Å². The fourth-order valence-electron chi connectivity index (χ4n) is 2.22. The minimum Gasteiger partial charge on any atom is -0.477 e. The van der Waals surface area contributed by atoms with E-state index in [2.05, 4.69) is 5.73 Å². The van der Waals surface area contributed by atoms with Gasteiger partial charge in [-0.05, 0) is 18.6 Å². The minimum absolute atomic E-state index is 0.133. The maximum Gasteiger partial charge on any atom is 0.366 e. The summed E-state index contributed by atoms with van der Waals surface area (Å²) in [5, 5.41) is 8.76. The predicted molar refractivity (Wildman–Crippen MR) is 90.0 cm³/mol. The molecule has 0 unspecified atom stereocenters. The third-order valence-electron chi connectivity index (χ3n) is 3.81. The molecule has 2 rings (SSSR count). The van der Waals surface area contributed by atoms with Gasteiger partial charge in [0.2, 0.25) is 6.04 Å². The number of carbonyl (C=O) groups excluding carboxylic acids is 2. The average molecular weight is 342 g/mol. The van der Waals surface area contributed by atoms with Crippen LogP contribution < -0.4 is 5.73 Å². The first kappa shape index (κ1) is 18.4. The van der Waals surface area contributed by atoms with E-state index in [-0.39, 0.29) is 12.4 Å². The van der Waals surface area contributed by atoms with Crippen molar-refractivity contribution in [3.63, 3.8) is 0 Å². The van der Waals surface area contributed by atoms with Crippen LogP contribution in [0.2, 0.25) is 0 Å². The average Bonchev–Trinajstić information content (AvgIpc) is 2.65. The molecule has 0 bridgehead atoms. The first-order chi connectivity index (χ1) is 11.9. The molecule has 25 heavy (non-hydrogen) atoms. The Morgan fingerprint density at radius 2 is 1.68 bits per heavy atom. The molecule has 0 saturated heterocycles. The van der Waals surface area contributed by atoms with Crippen LogP contribution in [0, 0.1) is 0 Å². The van der Waals surface area contributed by atoms with Gasteiger partial charge in [0.15, 0.2) is 12.4 Å². The van der Waals surface area contributed by atoms with Gasteiger partial charge in [-0.25, -0.2) is 4.79 Å². The molecule has 0 saturated carbocycles. The van der Waals surface area contributed by atoms with E-state index >= 15 is 0 Å². The van der Waals surface area contributed by atoms with Crippen molar-refractivity contribution in [1.29, 1.82) is 0 Å². The van der Waals surface area contributed by atoms with Crippen LogP contribution in [0.25, 0.3) is 0 Å². The molecule has 0 aliphatic heterocycles. The molecule has 0 heterocycles. The highest BCUT2D eigenvalue weighted by molar-refractivity contribution is 6.09. The lowest BCUT2D eigenvalue weighted by molar-refractivity contribution is -0.412. The van der Waals surface area contributed by atoms with E-state index < -0.39 is 23.9 Å². The first-order valence-corrected chi connectivity index (χ1v) is 7.82. The maximum absolute atomic E-state index is 12.5. The largest absolute Gasteiger partial charge is 0.477 e. The summed E-state index contributed by atoms with van der Waals surface area (Å²) >= 11 is 0. The Balaban J connectivity index is 2.11. The SMILES string of the molecule is C[C@@H](C(=O)OC[C@H]([NH3+])C(=O)O)c1cccc(C(=O)c2ccccc2)c1. The van der Waals surface area contributed by atoms with Crippen LogP contribution in [0.5, 0.6) is 0 Å². The summed E-state index contributed by atoms with van der Waals surface area (Å²) in [5.74, 6) is -2.44. The number of benzene rings is 2. The van der Waals surface area contributed by atoms with Gasteiger partial charge in [0.1, 0.15) is 0 Å². The number of hydrogen-bond donors (Lipinski definition) is 2. The number of carboxylic acids is 1. The Kier molecular flexibility index (Phi) is 6.03. The fraction of sp³-hybridized carbons (Fsp3) is 0.211. The van der Waals surface area contributed by atoms with E-state index in [1.54, 1.807) is 55.5 Å². The molecule has 0 amide bonds. The number of quaternary nitrogens is 1. The van der Waals surface area contributed by atoms with E-state index in [1.165, 1.54) is 0 Å². The van der Waals surface area contributed by atoms with Crippen LogP contribution in [0.15, 0.2) is 54.6 Å². The van der Waals surface area contributed by atoms with Gasteiger partial charge in [-0.1, -0.05) is 48.5 Å². The van der Waals surface area contributed by atoms with Crippen molar-refractivity contribution >= 4 is 17.7 Å². The molecule has 130 valence electrons. The molecule has 0 fully saturated rings. The number of carboxylic acid groups (broad SMARTS) is 1. The quantitative estimate of drug-likeness (QED) is 0.582. The van der Waals surface area contributed by atoms with Crippen LogP contribution in [0.4, 0.5) is 0 Å². The van der Waals surface area contributed by atoms with Crippen molar-refractivity contribution in [1.82, 2.24) is 0 Å². The molecule has 2 aromatic carbocycles. The highest BCUT2D eigenvalue weighted by Gasteiger charge is 2.22. The third kappa shape index (κ3) is 4.74. The highest BCUT2D eigenvalue weighted by Crippen LogP contribution is 2.20. The van der Waals surface area contributed by atoms with Gasteiger partial charge in [0.25, 0.3) is 0 Å². The maximum atomic E-state index is 12.5. The number of carbonyl (C=O) groups is 3. The van der Waals surface area contributed by atoms with Gasteiger partial charge in [-0.15, -0.1) is 0 Å². The number of ether oxygens (including phenoxy) is 1. The Hall–Kier alpha value is -2.99. The number of esters is 1. The summed E-state index contributed by atoms with van der Waals surface area (Å²) in [5.41, 5.74) is 5.06. The van der Waals surface area contributed by atoms with Crippen molar-refractivity contribution in [3.8, 4) is 0 Å². The molecule has 4 N–H and O–H groups in total. The Morgan fingerprint density at radius 1 is 1.04 bits per heavy atom. The lowest BCUT2D eigenvalue weighted by Gasteiger charge is -2.13. The van der Waals surface area contributed by atoms with E-state index in [0.29, 0.717) is 16.7 Å². The van der Waals surface area contributed by atoms with Crippen molar-refractivity contribution in [3.05, 3.63) is 71.3 Å². The summed E-state index contributed by atoms with van der Waals surface area (Å²) in [7, 11) is 0. The summed E-state index contributed by atoms with van der Waals surface area (Å²) in [4.78, 5) is 35.3. The van der Waals surface area contributed by atoms with Crippen LogP contribution >= 0.6 is 0 Å². The molecule has 0 aliphatic rings. The molecule has 2 atom stereocenters. The summed E-state index contributed by atoms with van der Waals surface area (Å²) in [6, 6.07) is 14.6. The Labute approximate surface area is 145 Å². The second-order valence-corrected chi connectivity index (χ2v) is 5.71. The monoisotopic (exact) mass is 342 g/mol. The standard InChI is InChI=1S/C19H19NO5/c1-12(19(24)25-11-16(20)18(22)23)14-8-5-9-15(10-14)17(21)13-6-3-2-4-7-13/h2-10,12,16H,11,20H2,1H3,(H,22,23)/p+1/t12-,16+/m1/s1. The third-order valence-corrected chi connectivity index (χ3v) is 3.81. The van der Waals surface area contributed by atoms with Gasteiger partial charge in [0, 0.05) is 11.1 Å². The number of aliphatic carboxylic acids is 1. The molecule has 0 aliphatic carbocycles. The van der Waals surface area contributed by atoms with Crippen LogP contribution in [-0.4, -0.2) is 35.5 Å². The zero-order valence-electron chi connectivity index (χ0n) is 13.8. The second-order valence-electron chi connectivity index (χ2n) is 5.71. The van der Waals surface area contributed by atoms with Crippen molar-refractivity contribution in [2.45, 2.75) is 18.9 Å². The number of ketones is 1. The van der Waals surface area contributed by atoms with E-state index in [0.717, 1.165) is 0 Å². The smallest absolute Gasteiger partial charge is 0.366 e. The second kappa shape index (κ2) is 8.21. The topological polar surface area (TPSA) is 108 Å². The molecule has 6 heteroatoms. The van der Waals surface area contributed by atoms with Gasteiger partial charge in [-0.2, -0.15) is 0 Å². The normalized spacial score (nSPS) is 12.9. The van der Waals surface area contributed by atoms with E-state index in [1.807, 2.05) is 6.07 Å². The van der Waals surface area contributed by atoms with Crippen LogP contribution in [-0.2, 0) is 14.3 Å². The molecular weight excluding hydrogens is 322 g/mol. The zero-order chi connectivity index (χ0) is 18.4. The van der Waals surface area contributed by atoms with Crippen LogP contribution in [0.3, 0.4) is 0 Å². The predicted octanol–water partition coefficient (Wildman–Crippen LogP) is 1.26. The summed E-state index contributed by atoms with van der Waals surface area (Å²) in [6.07, 6.45) is 0. The highest BCUT2D eigenvalue weighted by atomic mass is 16.5. The molecule has 0 radical (unpaired) electrons. The van der Waals surface area contributed by atoms with Gasteiger partial charge in [0.05, 0.1) is 5.92 Å². The van der Waals surface area contributed by atoms with E-state index in [9.17, 15) is 14.4 Å². The van der Waals surface area contributed by atoms with Gasteiger partial charge >= 0.3 is 11.9 Å². The fourth-order valence-corrected chi connectivity index (χ4v) is 2.22. The first-order valence-electron chi connectivity index (χ1n) is 7.82. The summed E-state index contributed by atoms with van der Waals surface area (Å²) in [6.45, 7) is 1.36. The summed E-state index contributed by atoms with van der Waals surface area (Å²) < 4.78 is 5.00. The van der Waals surface area contributed by atoms with Crippen molar-refractivity contribution < 1.29 is 30.0 Å². The Bertz CT molecular complexity index is 772. The molecule has 2 aromatic rings. The minimum atomic E-state index is -1.13. The lowest BCUT2D eigenvalue weighted by atomic mass is 9.96. The lowest BCUT2D eigenvalue weighted by Crippen LogP contribution is -2.67. The molecular formula is C19H20NO5+. The molecule has 0 aromatic heterocycles. The van der Waals surface area contributed by atoms with Crippen molar-refractivity contribution in [2.24, 2.45) is 0 Å². The zero-order valence-corrected chi connectivity index (χ0v) is 13.8. The van der Waals surface area contributed by atoms with Crippen LogP contribution in [0.1, 0.15) is 34.3 Å². The number of rotatable bonds is 7. The molecule has 6 nitrogen and oxygen atoms in total. The van der Waals surface area contributed by atoms with Gasteiger partial charge in [-0.3, -0.25) is 9.59 Å². The van der Waals surface area contributed by atoms with Gasteiger partial charge < -0.3 is 15.6 Å². The van der Waals surface area contributed by atoms with Crippen molar-refractivity contribution in [2.75, 3.05) is 6.61 Å². The molecule has 0 spiro atoms. The Morgan fingerprint density at radius 3 is 2.32 bits per heavy atom.